The number of thioether (sulfide) groups is 1. The van der Waals surface area contributed by atoms with E-state index >= 15 is 0 Å². The Balaban J connectivity index is 1.39. The van der Waals surface area contributed by atoms with Crippen LogP contribution in [0.25, 0.3) is 16.9 Å². The first-order valence-corrected chi connectivity index (χ1v) is 15.4. The highest BCUT2D eigenvalue weighted by atomic mass is 32.2. The first-order chi connectivity index (χ1) is 19.8. The number of rotatable bonds is 8. The summed E-state index contributed by atoms with van der Waals surface area (Å²) < 4.78 is 85.3. The Hall–Kier alpha value is -3.63. The van der Waals surface area contributed by atoms with Gasteiger partial charge in [0.15, 0.2) is 9.84 Å². The van der Waals surface area contributed by atoms with E-state index in [0.717, 1.165) is 6.26 Å². The lowest BCUT2D eigenvalue weighted by Gasteiger charge is -2.33. The number of pyridine rings is 1. The van der Waals surface area contributed by atoms with E-state index in [4.69, 9.17) is 4.52 Å². The van der Waals surface area contributed by atoms with Crippen LogP contribution in [-0.2, 0) is 16.4 Å². The molecule has 0 bridgehead atoms. The molecule has 16 heteroatoms. The topological polar surface area (TPSA) is 122 Å². The zero-order valence-corrected chi connectivity index (χ0v) is 24.0. The zero-order valence-electron chi connectivity index (χ0n) is 22.4. The van der Waals surface area contributed by atoms with Gasteiger partial charge in [-0.15, -0.1) is 0 Å². The number of nitrogens with zero attached hydrogens (tertiary/aromatic N) is 4. The first kappa shape index (κ1) is 29.8. The smallest absolute Gasteiger partial charge is 0.378 e. The number of alkyl halides is 4. The lowest BCUT2D eigenvalue weighted by atomic mass is 10.0. The van der Waals surface area contributed by atoms with Crippen molar-refractivity contribution in [3.8, 4) is 11.4 Å². The Morgan fingerprint density at radius 3 is 2.62 bits per heavy atom. The quantitative estimate of drug-likeness (QED) is 0.217. The highest BCUT2D eigenvalue weighted by molar-refractivity contribution is 8.00. The van der Waals surface area contributed by atoms with Gasteiger partial charge in [0.1, 0.15) is 6.17 Å². The Labute approximate surface area is 242 Å². The number of anilines is 1. The standard InChI is InChI=1S/C26H26F4N6O4S2/c1-35-11-9-19(18(27)14-35)32-20-4-3-10-36-21(20)12-17(25(36)41-26(28,29)30)23-33-22(40-34-23)13-31-24(37)15-5-7-16(8-6-15)42(2,38)39/h3-8,10,12,18-19,32H,9,11,13-14H2,1-2H3,(H,31,37)/t18-,19+/m0/s1. The van der Waals surface area contributed by atoms with Crippen LogP contribution in [0.3, 0.4) is 0 Å². The average molecular weight is 627 g/mol. The molecule has 2 N–H and O–H groups in total. The van der Waals surface area contributed by atoms with Gasteiger partial charge in [0, 0.05) is 42.9 Å². The third kappa shape index (κ3) is 6.71. The molecule has 1 aromatic carbocycles. The summed E-state index contributed by atoms with van der Waals surface area (Å²) in [6.45, 7) is 0.697. The van der Waals surface area contributed by atoms with Gasteiger partial charge < -0.3 is 24.5 Å². The highest BCUT2D eigenvalue weighted by Gasteiger charge is 2.34. The minimum Gasteiger partial charge on any atom is -0.378 e. The van der Waals surface area contributed by atoms with E-state index in [1.165, 1.54) is 40.9 Å². The number of amides is 1. The number of carbonyl (C=O) groups is 1. The van der Waals surface area contributed by atoms with Gasteiger partial charge in [-0.05, 0) is 55.9 Å². The Morgan fingerprint density at radius 2 is 1.95 bits per heavy atom. The molecule has 0 spiro atoms. The van der Waals surface area contributed by atoms with Crippen LogP contribution in [0.1, 0.15) is 22.7 Å². The number of nitrogens with one attached hydrogen (secondary N) is 2. The third-order valence-corrected chi connectivity index (χ3v) is 8.69. The molecule has 1 aliphatic rings. The molecule has 4 aromatic rings. The van der Waals surface area contributed by atoms with Gasteiger partial charge in [-0.1, -0.05) is 5.16 Å². The molecule has 1 aliphatic heterocycles. The van der Waals surface area contributed by atoms with Crippen molar-refractivity contribution in [3.63, 3.8) is 0 Å². The summed E-state index contributed by atoms with van der Waals surface area (Å²) in [7, 11) is -1.60. The van der Waals surface area contributed by atoms with Crippen molar-refractivity contribution >= 4 is 38.7 Å². The van der Waals surface area contributed by atoms with Gasteiger partial charge in [-0.25, -0.2) is 12.8 Å². The van der Waals surface area contributed by atoms with Crippen molar-refractivity contribution in [1.29, 1.82) is 0 Å². The molecule has 10 nitrogen and oxygen atoms in total. The molecule has 224 valence electrons. The Kier molecular flexibility index (Phi) is 8.22. The van der Waals surface area contributed by atoms with Crippen LogP contribution < -0.4 is 10.6 Å². The molecule has 4 heterocycles. The molecule has 1 fully saturated rings. The van der Waals surface area contributed by atoms with Gasteiger partial charge in [-0.3, -0.25) is 4.79 Å². The van der Waals surface area contributed by atoms with E-state index in [1.54, 1.807) is 12.1 Å². The molecule has 1 saturated heterocycles. The second kappa shape index (κ2) is 11.6. The van der Waals surface area contributed by atoms with E-state index in [9.17, 15) is 30.8 Å². The van der Waals surface area contributed by atoms with E-state index in [2.05, 4.69) is 20.8 Å². The second-order valence-corrected chi connectivity index (χ2v) is 13.0. The molecular weight excluding hydrogens is 600 g/mol. The van der Waals surface area contributed by atoms with Crippen LogP contribution in [0.4, 0.5) is 23.2 Å². The number of hydrogen-bond donors (Lipinski definition) is 2. The molecule has 5 rings (SSSR count). The molecule has 0 radical (unpaired) electrons. The summed E-state index contributed by atoms with van der Waals surface area (Å²) in [5, 5.41) is 9.35. The van der Waals surface area contributed by atoms with Gasteiger partial charge in [0.05, 0.1) is 39.3 Å². The van der Waals surface area contributed by atoms with E-state index in [-0.39, 0.29) is 57.6 Å². The van der Waals surface area contributed by atoms with Crippen molar-refractivity contribution in [2.75, 3.05) is 31.7 Å². The molecule has 3 aromatic heterocycles. The predicted molar refractivity (Wildman–Crippen MR) is 148 cm³/mol. The van der Waals surface area contributed by atoms with Gasteiger partial charge in [0.2, 0.25) is 11.7 Å². The largest absolute Gasteiger partial charge is 0.447 e. The highest BCUT2D eigenvalue weighted by Crippen LogP contribution is 2.44. The minimum absolute atomic E-state index is 0.0458. The maximum atomic E-state index is 14.7. The average Bonchev–Trinajstić information content (AvgIpc) is 3.53. The fourth-order valence-electron chi connectivity index (χ4n) is 4.64. The number of fused-ring (bicyclic) bond motifs is 1. The van der Waals surface area contributed by atoms with Gasteiger partial charge >= 0.3 is 5.51 Å². The van der Waals surface area contributed by atoms with E-state index in [1.807, 2.05) is 11.9 Å². The lowest BCUT2D eigenvalue weighted by molar-refractivity contribution is -0.0329. The van der Waals surface area contributed by atoms with Crippen LogP contribution in [0.2, 0.25) is 0 Å². The number of halogens is 4. The summed E-state index contributed by atoms with van der Waals surface area (Å²) >= 11 is -0.338. The van der Waals surface area contributed by atoms with Gasteiger partial charge in [-0.2, -0.15) is 18.2 Å². The number of carbonyl (C=O) groups excluding carboxylic acids is 1. The van der Waals surface area contributed by atoms with Crippen LogP contribution in [-0.4, -0.2) is 77.9 Å². The number of likely N-dealkylation sites (tertiary alicyclic amines) is 1. The summed E-state index contributed by atoms with van der Waals surface area (Å²) in [6, 6.07) is 9.52. The summed E-state index contributed by atoms with van der Waals surface area (Å²) in [6.07, 6.45) is 1.89. The number of benzene rings is 1. The molecule has 2 atom stereocenters. The maximum absolute atomic E-state index is 14.7. The van der Waals surface area contributed by atoms with E-state index in [0.29, 0.717) is 24.2 Å². The van der Waals surface area contributed by atoms with Crippen molar-refractivity contribution in [3.05, 3.63) is 60.1 Å². The maximum Gasteiger partial charge on any atom is 0.447 e. The fraction of sp³-hybridized carbons (Fsp3) is 0.346. The zero-order chi connectivity index (χ0) is 30.2. The number of piperidine rings is 1. The Morgan fingerprint density at radius 1 is 1.21 bits per heavy atom. The molecule has 0 saturated carbocycles. The van der Waals surface area contributed by atoms with Crippen LogP contribution in [0, 0.1) is 0 Å². The second-order valence-electron chi connectivity index (χ2n) is 9.90. The first-order valence-electron chi connectivity index (χ1n) is 12.7. The Bertz CT molecular complexity index is 1710. The van der Waals surface area contributed by atoms with Crippen molar-refractivity contribution < 1.29 is 35.3 Å². The number of aromatic nitrogens is 3. The van der Waals surface area contributed by atoms with Crippen LogP contribution in [0.15, 0.2) is 63.1 Å². The van der Waals surface area contributed by atoms with Gasteiger partial charge in [0.25, 0.3) is 5.91 Å². The molecule has 1 amide bonds. The lowest BCUT2D eigenvalue weighted by Crippen LogP contribution is -2.46. The number of hydrogen-bond acceptors (Lipinski definition) is 9. The third-order valence-electron chi connectivity index (χ3n) is 6.72. The van der Waals surface area contributed by atoms with Crippen molar-refractivity contribution in [1.82, 2.24) is 24.8 Å². The van der Waals surface area contributed by atoms with Crippen molar-refractivity contribution in [2.45, 2.75) is 40.6 Å². The normalized spacial score (nSPS) is 18.3. The summed E-state index contributed by atoms with van der Waals surface area (Å²) in [5.74, 6) is -0.733. The molecule has 0 unspecified atom stereocenters. The predicted octanol–water partition coefficient (Wildman–Crippen LogP) is 4.39. The summed E-state index contributed by atoms with van der Waals surface area (Å²) in [4.78, 5) is 18.6. The summed E-state index contributed by atoms with van der Waals surface area (Å²) in [5.41, 5.74) is -3.56. The van der Waals surface area contributed by atoms with Crippen LogP contribution >= 0.6 is 11.8 Å². The molecular formula is C26H26F4N6O4S2. The SMILES string of the molecule is CN1CC[C@@H](Nc2cccn3c(SC(F)(F)F)c(-c4noc(CNC(=O)c5ccc(S(C)(=O)=O)cc5)n4)cc23)[C@@H](F)C1. The molecule has 42 heavy (non-hydrogen) atoms. The minimum atomic E-state index is -4.63. The monoisotopic (exact) mass is 626 g/mol. The number of sulfone groups is 1. The molecule has 0 aliphatic carbocycles. The van der Waals surface area contributed by atoms with Crippen LogP contribution in [0.5, 0.6) is 0 Å². The van der Waals surface area contributed by atoms with E-state index < -0.39 is 33.5 Å². The van der Waals surface area contributed by atoms with Crippen molar-refractivity contribution in [2.24, 2.45) is 0 Å². The fourth-order valence-corrected chi connectivity index (χ4v) is 6.00.